The lowest BCUT2D eigenvalue weighted by Crippen LogP contribution is -2.25. The van der Waals surface area contributed by atoms with Crippen LogP contribution in [0.25, 0.3) is 0 Å². The summed E-state index contributed by atoms with van der Waals surface area (Å²) >= 11 is 0. The van der Waals surface area contributed by atoms with Gasteiger partial charge in [-0.05, 0) is 26.5 Å². The van der Waals surface area contributed by atoms with Gasteiger partial charge in [-0.25, -0.2) is 0 Å². The van der Waals surface area contributed by atoms with Crippen molar-refractivity contribution in [2.45, 2.75) is 39.7 Å². The molecule has 0 N–H and O–H groups in total. The van der Waals surface area contributed by atoms with Gasteiger partial charge in [-0.15, -0.1) is 0 Å². The van der Waals surface area contributed by atoms with Crippen LogP contribution < -0.4 is 0 Å². The molecule has 1 atom stereocenters. The Morgan fingerprint density at radius 2 is 1.83 bits per heavy atom. The van der Waals surface area contributed by atoms with E-state index in [2.05, 4.69) is 0 Å². The van der Waals surface area contributed by atoms with Gasteiger partial charge in [-0.2, -0.15) is 0 Å². The molecule has 1 aromatic carbocycles. The summed E-state index contributed by atoms with van der Waals surface area (Å²) < 4.78 is 10.3. The van der Waals surface area contributed by atoms with Crippen LogP contribution in [-0.4, -0.2) is 43.6 Å². The highest BCUT2D eigenvalue weighted by atomic mass is 16.5. The van der Waals surface area contributed by atoms with Gasteiger partial charge in [-0.1, -0.05) is 29.8 Å². The number of ether oxygens (including phenoxy) is 2. The number of hydrogen-bond donors (Lipinski definition) is 0. The molecule has 0 saturated carbocycles. The van der Waals surface area contributed by atoms with Crippen LogP contribution in [-0.2, 0) is 19.1 Å². The van der Waals surface area contributed by atoms with Gasteiger partial charge in [0.25, 0.3) is 0 Å². The first kappa shape index (κ1) is 19.2. The van der Waals surface area contributed by atoms with E-state index in [1.54, 1.807) is 6.92 Å². The average Bonchev–Trinajstić information content (AvgIpc) is 2.50. The summed E-state index contributed by atoms with van der Waals surface area (Å²) in [5.41, 5.74) is 2.16. The molecule has 1 aromatic rings. The fourth-order valence-electron chi connectivity index (χ4n) is 2.24. The van der Waals surface area contributed by atoms with Crippen LogP contribution in [0.4, 0.5) is 0 Å². The summed E-state index contributed by atoms with van der Waals surface area (Å²) in [6, 6.07) is 8.00. The summed E-state index contributed by atoms with van der Waals surface area (Å²) in [4.78, 5) is 24.7. The van der Waals surface area contributed by atoms with E-state index >= 15 is 0 Å². The summed E-state index contributed by atoms with van der Waals surface area (Å²) in [5.74, 6) is -0.473. The molecule has 1 unspecified atom stereocenters. The zero-order chi connectivity index (χ0) is 17.2. The molecule has 1 rings (SSSR count). The minimum atomic E-state index is -0.287. The second-order valence-electron chi connectivity index (χ2n) is 5.66. The standard InChI is InChI=1S/C18H27NO4/c1-5-22-18(21)11-13-19(4)12-10-17(23-15(3)20)16-8-6-14(2)7-9-16/h6-9,17H,5,10-13H2,1-4H3. The lowest BCUT2D eigenvalue weighted by atomic mass is 10.0. The number of benzene rings is 1. The third-order valence-electron chi connectivity index (χ3n) is 3.53. The monoisotopic (exact) mass is 321 g/mol. The van der Waals surface area contributed by atoms with Crippen molar-refractivity contribution in [3.63, 3.8) is 0 Å². The third-order valence-corrected chi connectivity index (χ3v) is 3.53. The highest BCUT2D eigenvalue weighted by molar-refractivity contribution is 5.69. The molecular formula is C18H27NO4. The van der Waals surface area contributed by atoms with E-state index < -0.39 is 0 Å². The zero-order valence-corrected chi connectivity index (χ0v) is 14.5. The molecule has 0 aromatic heterocycles. The van der Waals surface area contributed by atoms with Crippen LogP contribution in [0.3, 0.4) is 0 Å². The first-order valence-corrected chi connectivity index (χ1v) is 8.00. The van der Waals surface area contributed by atoms with Crippen molar-refractivity contribution >= 4 is 11.9 Å². The maximum absolute atomic E-state index is 11.4. The van der Waals surface area contributed by atoms with E-state index in [0.29, 0.717) is 26.0 Å². The van der Waals surface area contributed by atoms with E-state index in [0.717, 1.165) is 12.1 Å². The molecule has 0 saturated heterocycles. The molecule has 0 aliphatic rings. The maximum atomic E-state index is 11.4. The highest BCUT2D eigenvalue weighted by Crippen LogP contribution is 2.22. The van der Waals surface area contributed by atoms with Crippen LogP contribution in [0.2, 0.25) is 0 Å². The summed E-state index contributed by atoms with van der Waals surface area (Å²) in [7, 11) is 1.94. The molecule has 0 bridgehead atoms. The Morgan fingerprint density at radius 3 is 2.39 bits per heavy atom. The van der Waals surface area contributed by atoms with E-state index in [4.69, 9.17) is 9.47 Å². The molecule has 0 aliphatic carbocycles. The van der Waals surface area contributed by atoms with Gasteiger partial charge in [0, 0.05) is 26.4 Å². The first-order valence-electron chi connectivity index (χ1n) is 8.00. The van der Waals surface area contributed by atoms with Gasteiger partial charge < -0.3 is 14.4 Å². The van der Waals surface area contributed by atoms with Crippen LogP contribution in [0.1, 0.15) is 43.9 Å². The number of rotatable bonds is 9. The highest BCUT2D eigenvalue weighted by Gasteiger charge is 2.16. The number of nitrogens with zero attached hydrogens (tertiary/aromatic N) is 1. The fourth-order valence-corrected chi connectivity index (χ4v) is 2.24. The van der Waals surface area contributed by atoms with Crippen molar-refractivity contribution in [2.75, 3.05) is 26.7 Å². The van der Waals surface area contributed by atoms with Gasteiger partial charge in [0.15, 0.2) is 0 Å². The minimum Gasteiger partial charge on any atom is -0.466 e. The van der Waals surface area contributed by atoms with E-state index in [1.165, 1.54) is 12.5 Å². The van der Waals surface area contributed by atoms with Crippen molar-refractivity contribution in [3.8, 4) is 0 Å². The third kappa shape index (κ3) is 7.79. The molecular weight excluding hydrogens is 294 g/mol. The molecule has 0 spiro atoms. The lowest BCUT2D eigenvalue weighted by Gasteiger charge is -2.22. The van der Waals surface area contributed by atoms with Gasteiger partial charge in [0.1, 0.15) is 6.10 Å². The Kier molecular flexibility index (Phi) is 8.33. The van der Waals surface area contributed by atoms with E-state index in [-0.39, 0.29) is 18.0 Å². The predicted molar refractivity (Wildman–Crippen MR) is 89.1 cm³/mol. The first-order chi connectivity index (χ1) is 10.9. The number of hydrogen-bond acceptors (Lipinski definition) is 5. The molecule has 0 aliphatic heterocycles. The normalized spacial score (nSPS) is 12.0. The molecule has 5 nitrogen and oxygen atoms in total. The molecule has 0 heterocycles. The summed E-state index contributed by atoms with van der Waals surface area (Å²) in [6.45, 7) is 7.00. The molecule has 128 valence electrons. The van der Waals surface area contributed by atoms with Crippen molar-refractivity contribution < 1.29 is 19.1 Å². The second kappa shape index (κ2) is 10.0. The number of esters is 2. The largest absolute Gasteiger partial charge is 0.466 e. The molecule has 0 fully saturated rings. The smallest absolute Gasteiger partial charge is 0.307 e. The number of carbonyl (C=O) groups excluding carboxylic acids is 2. The SMILES string of the molecule is CCOC(=O)CCN(C)CCC(OC(C)=O)c1ccc(C)cc1. The minimum absolute atomic E-state index is 0.186. The van der Waals surface area contributed by atoms with Gasteiger partial charge >= 0.3 is 11.9 Å². The summed E-state index contributed by atoms with van der Waals surface area (Å²) in [5, 5.41) is 0. The van der Waals surface area contributed by atoms with Crippen LogP contribution >= 0.6 is 0 Å². The fraction of sp³-hybridized carbons (Fsp3) is 0.556. The van der Waals surface area contributed by atoms with Crippen molar-refractivity contribution in [3.05, 3.63) is 35.4 Å². The summed E-state index contributed by atoms with van der Waals surface area (Å²) in [6.07, 6.45) is 0.785. The zero-order valence-electron chi connectivity index (χ0n) is 14.5. The number of carbonyl (C=O) groups is 2. The van der Waals surface area contributed by atoms with Gasteiger partial charge in [0.05, 0.1) is 13.0 Å². The average molecular weight is 321 g/mol. The quantitative estimate of drug-likeness (QED) is 0.655. The van der Waals surface area contributed by atoms with Gasteiger partial charge in [0.2, 0.25) is 0 Å². The van der Waals surface area contributed by atoms with Gasteiger partial charge in [-0.3, -0.25) is 9.59 Å². The predicted octanol–water partition coefficient (Wildman–Crippen LogP) is 2.87. The molecule has 0 radical (unpaired) electrons. The molecule has 0 amide bonds. The Balaban J connectivity index is 2.52. The lowest BCUT2D eigenvalue weighted by molar-refractivity contribution is -0.147. The maximum Gasteiger partial charge on any atom is 0.307 e. The Labute approximate surface area is 138 Å². The molecule has 23 heavy (non-hydrogen) atoms. The Morgan fingerprint density at radius 1 is 1.17 bits per heavy atom. The van der Waals surface area contributed by atoms with Crippen molar-refractivity contribution in [1.29, 1.82) is 0 Å². The van der Waals surface area contributed by atoms with Crippen LogP contribution in [0.5, 0.6) is 0 Å². The molecule has 5 heteroatoms. The Bertz CT molecular complexity index is 498. The number of aryl methyl sites for hydroxylation is 1. The van der Waals surface area contributed by atoms with E-state index in [9.17, 15) is 9.59 Å². The van der Waals surface area contributed by atoms with Crippen molar-refractivity contribution in [2.24, 2.45) is 0 Å². The Hall–Kier alpha value is -1.88. The van der Waals surface area contributed by atoms with Crippen molar-refractivity contribution in [1.82, 2.24) is 4.90 Å². The topological polar surface area (TPSA) is 55.8 Å². The van der Waals surface area contributed by atoms with Crippen LogP contribution in [0, 0.1) is 6.92 Å². The van der Waals surface area contributed by atoms with E-state index in [1.807, 2.05) is 43.1 Å². The second-order valence-corrected chi connectivity index (χ2v) is 5.66. The van der Waals surface area contributed by atoms with Crippen LogP contribution in [0.15, 0.2) is 24.3 Å².